The minimum Gasteiger partial charge on any atom is -0.375 e. The molecule has 0 radical (unpaired) electrons. The quantitative estimate of drug-likeness (QED) is 0.730. The van der Waals surface area contributed by atoms with Crippen LogP contribution in [-0.2, 0) is 4.74 Å². The Kier molecular flexibility index (Phi) is 6.22. The second-order valence-corrected chi connectivity index (χ2v) is 4.61. The molecule has 2 unspecified atom stereocenters. The first-order chi connectivity index (χ1) is 7.27. The van der Waals surface area contributed by atoms with E-state index >= 15 is 0 Å². The van der Waals surface area contributed by atoms with Gasteiger partial charge in [0.15, 0.2) is 0 Å². The average Bonchev–Trinajstić information content (AvgIpc) is 2.26. The SMILES string of the molecule is CCCC(CN)OCC1CCCCN1C. The van der Waals surface area contributed by atoms with Crippen LogP contribution in [0.1, 0.15) is 39.0 Å². The lowest BCUT2D eigenvalue weighted by molar-refractivity contribution is 0.00402. The second kappa shape index (κ2) is 7.20. The highest BCUT2D eigenvalue weighted by Crippen LogP contribution is 2.16. The first kappa shape index (κ1) is 12.9. The smallest absolute Gasteiger partial charge is 0.0698 e. The van der Waals surface area contributed by atoms with Crippen LogP contribution < -0.4 is 5.73 Å². The molecule has 0 bridgehead atoms. The summed E-state index contributed by atoms with van der Waals surface area (Å²) in [4.78, 5) is 2.42. The minimum absolute atomic E-state index is 0.269. The first-order valence-corrected chi connectivity index (χ1v) is 6.29. The van der Waals surface area contributed by atoms with Gasteiger partial charge in [-0.05, 0) is 32.9 Å². The van der Waals surface area contributed by atoms with Gasteiger partial charge in [0.05, 0.1) is 12.7 Å². The number of likely N-dealkylation sites (tertiary alicyclic amines) is 1. The molecule has 15 heavy (non-hydrogen) atoms. The molecule has 0 amide bonds. The summed E-state index contributed by atoms with van der Waals surface area (Å²) in [5.74, 6) is 0. The van der Waals surface area contributed by atoms with Gasteiger partial charge in [0.25, 0.3) is 0 Å². The van der Waals surface area contributed by atoms with Gasteiger partial charge in [-0.1, -0.05) is 19.8 Å². The zero-order chi connectivity index (χ0) is 11.1. The summed E-state index contributed by atoms with van der Waals surface area (Å²) < 4.78 is 5.87. The molecule has 1 aliphatic heterocycles. The Morgan fingerprint density at radius 2 is 2.27 bits per heavy atom. The van der Waals surface area contributed by atoms with Gasteiger partial charge in [-0.25, -0.2) is 0 Å². The molecular weight excluding hydrogens is 188 g/mol. The lowest BCUT2D eigenvalue weighted by atomic mass is 10.0. The van der Waals surface area contributed by atoms with Crippen molar-refractivity contribution in [3.63, 3.8) is 0 Å². The molecule has 1 saturated heterocycles. The highest BCUT2D eigenvalue weighted by molar-refractivity contribution is 4.74. The Bertz CT molecular complexity index is 164. The molecule has 2 N–H and O–H groups in total. The van der Waals surface area contributed by atoms with E-state index in [-0.39, 0.29) is 6.10 Å². The van der Waals surface area contributed by atoms with Gasteiger partial charge in [0.1, 0.15) is 0 Å². The highest BCUT2D eigenvalue weighted by atomic mass is 16.5. The lowest BCUT2D eigenvalue weighted by Gasteiger charge is -2.33. The van der Waals surface area contributed by atoms with Crippen molar-refractivity contribution in [3.8, 4) is 0 Å². The van der Waals surface area contributed by atoms with Crippen LogP contribution in [0, 0.1) is 0 Å². The van der Waals surface area contributed by atoms with E-state index in [0.29, 0.717) is 12.6 Å². The summed E-state index contributed by atoms with van der Waals surface area (Å²) >= 11 is 0. The zero-order valence-corrected chi connectivity index (χ0v) is 10.2. The molecule has 0 saturated carbocycles. The number of nitrogens with zero attached hydrogens (tertiary/aromatic N) is 1. The molecule has 2 atom stereocenters. The predicted molar refractivity (Wildman–Crippen MR) is 64.0 cm³/mol. The second-order valence-electron chi connectivity index (χ2n) is 4.61. The summed E-state index contributed by atoms with van der Waals surface area (Å²) in [6.45, 7) is 4.91. The summed E-state index contributed by atoms with van der Waals surface area (Å²) in [5, 5.41) is 0. The van der Waals surface area contributed by atoms with Gasteiger partial charge in [-0.2, -0.15) is 0 Å². The van der Waals surface area contributed by atoms with E-state index in [1.54, 1.807) is 0 Å². The molecule has 0 aliphatic carbocycles. The van der Waals surface area contributed by atoms with Crippen molar-refractivity contribution < 1.29 is 4.74 Å². The third kappa shape index (κ3) is 4.49. The van der Waals surface area contributed by atoms with Gasteiger partial charge in [-0.3, -0.25) is 0 Å². The average molecular weight is 214 g/mol. The number of nitrogens with two attached hydrogens (primary N) is 1. The van der Waals surface area contributed by atoms with Crippen molar-refractivity contribution in [3.05, 3.63) is 0 Å². The minimum atomic E-state index is 0.269. The Balaban J connectivity index is 2.21. The number of rotatable bonds is 6. The maximum atomic E-state index is 5.87. The molecule has 0 aromatic carbocycles. The van der Waals surface area contributed by atoms with Crippen molar-refractivity contribution in [1.82, 2.24) is 4.90 Å². The first-order valence-electron chi connectivity index (χ1n) is 6.29. The molecule has 0 spiro atoms. The number of hydrogen-bond acceptors (Lipinski definition) is 3. The van der Waals surface area contributed by atoms with E-state index in [0.717, 1.165) is 19.4 Å². The fraction of sp³-hybridized carbons (Fsp3) is 1.00. The van der Waals surface area contributed by atoms with Crippen molar-refractivity contribution in [2.45, 2.75) is 51.2 Å². The lowest BCUT2D eigenvalue weighted by Crippen LogP contribution is -2.41. The van der Waals surface area contributed by atoms with E-state index in [4.69, 9.17) is 10.5 Å². The molecule has 1 aliphatic rings. The van der Waals surface area contributed by atoms with Crippen molar-refractivity contribution in [2.75, 3.05) is 26.7 Å². The number of ether oxygens (including phenoxy) is 1. The largest absolute Gasteiger partial charge is 0.375 e. The van der Waals surface area contributed by atoms with E-state index in [1.807, 2.05) is 0 Å². The molecule has 1 heterocycles. The fourth-order valence-corrected chi connectivity index (χ4v) is 2.19. The predicted octanol–water partition coefficient (Wildman–Crippen LogP) is 1.61. The van der Waals surface area contributed by atoms with Crippen LogP contribution in [0.15, 0.2) is 0 Å². The number of piperidine rings is 1. The van der Waals surface area contributed by atoms with Crippen LogP contribution >= 0.6 is 0 Å². The molecule has 3 heteroatoms. The topological polar surface area (TPSA) is 38.5 Å². The molecule has 0 aromatic rings. The van der Waals surface area contributed by atoms with Gasteiger partial charge in [0.2, 0.25) is 0 Å². The van der Waals surface area contributed by atoms with Crippen molar-refractivity contribution >= 4 is 0 Å². The van der Waals surface area contributed by atoms with E-state index in [2.05, 4.69) is 18.9 Å². The summed E-state index contributed by atoms with van der Waals surface area (Å²) in [6.07, 6.45) is 6.47. The van der Waals surface area contributed by atoms with Crippen LogP contribution in [0.3, 0.4) is 0 Å². The molecular formula is C12H26N2O. The van der Waals surface area contributed by atoms with Crippen LogP contribution in [0.2, 0.25) is 0 Å². The van der Waals surface area contributed by atoms with E-state index < -0.39 is 0 Å². The standard InChI is InChI=1S/C12H26N2O/c1-3-6-12(9-13)15-10-11-7-4-5-8-14(11)2/h11-12H,3-10,13H2,1-2H3. The van der Waals surface area contributed by atoms with E-state index in [1.165, 1.54) is 25.8 Å². The van der Waals surface area contributed by atoms with Crippen molar-refractivity contribution in [2.24, 2.45) is 5.73 Å². The monoisotopic (exact) mass is 214 g/mol. The molecule has 1 rings (SSSR count). The molecule has 1 fully saturated rings. The number of likely N-dealkylation sites (N-methyl/N-ethyl adjacent to an activating group) is 1. The normalized spacial score (nSPS) is 25.4. The summed E-state index contributed by atoms with van der Waals surface area (Å²) in [7, 11) is 2.20. The summed E-state index contributed by atoms with van der Waals surface area (Å²) in [5.41, 5.74) is 5.67. The van der Waals surface area contributed by atoms with Gasteiger partial charge in [0, 0.05) is 12.6 Å². The molecule has 90 valence electrons. The number of hydrogen-bond donors (Lipinski definition) is 1. The highest BCUT2D eigenvalue weighted by Gasteiger charge is 2.20. The van der Waals surface area contributed by atoms with E-state index in [9.17, 15) is 0 Å². The molecule has 3 nitrogen and oxygen atoms in total. The van der Waals surface area contributed by atoms with Gasteiger partial charge in [-0.15, -0.1) is 0 Å². The third-order valence-electron chi connectivity index (χ3n) is 3.32. The van der Waals surface area contributed by atoms with Crippen LogP contribution in [0.4, 0.5) is 0 Å². The third-order valence-corrected chi connectivity index (χ3v) is 3.32. The van der Waals surface area contributed by atoms with Crippen LogP contribution in [0.5, 0.6) is 0 Å². The Morgan fingerprint density at radius 1 is 1.47 bits per heavy atom. The Morgan fingerprint density at radius 3 is 2.87 bits per heavy atom. The Hall–Kier alpha value is -0.120. The summed E-state index contributed by atoms with van der Waals surface area (Å²) in [6, 6.07) is 0.615. The van der Waals surface area contributed by atoms with Crippen molar-refractivity contribution in [1.29, 1.82) is 0 Å². The zero-order valence-electron chi connectivity index (χ0n) is 10.2. The fourth-order valence-electron chi connectivity index (χ4n) is 2.19. The van der Waals surface area contributed by atoms with Crippen LogP contribution in [0.25, 0.3) is 0 Å². The maximum Gasteiger partial charge on any atom is 0.0698 e. The van der Waals surface area contributed by atoms with Gasteiger partial charge < -0.3 is 15.4 Å². The molecule has 0 aromatic heterocycles. The Labute approximate surface area is 94.0 Å². The maximum absolute atomic E-state index is 5.87. The van der Waals surface area contributed by atoms with Crippen LogP contribution in [-0.4, -0.2) is 43.8 Å². The van der Waals surface area contributed by atoms with Gasteiger partial charge >= 0.3 is 0 Å².